The summed E-state index contributed by atoms with van der Waals surface area (Å²) in [5.74, 6) is 0. The lowest BCUT2D eigenvalue weighted by Gasteiger charge is -2.18. The van der Waals surface area contributed by atoms with Gasteiger partial charge in [-0.3, -0.25) is 4.98 Å². The molecule has 104 valence electrons. The maximum Gasteiger partial charge on any atom is 0.0809 e. The fourth-order valence-corrected chi connectivity index (χ4v) is 4.50. The number of pyridine rings is 1. The summed E-state index contributed by atoms with van der Waals surface area (Å²) in [4.78, 5) is 4.58. The van der Waals surface area contributed by atoms with Gasteiger partial charge in [-0.25, -0.2) is 0 Å². The van der Waals surface area contributed by atoms with E-state index in [1.54, 1.807) is 22.7 Å². The number of hydrogen-bond donors (Lipinski definition) is 1. The van der Waals surface area contributed by atoms with Gasteiger partial charge in [-0.15, -0.1) is 22.7 Å². The van der Waals surface area contributed by atoms with Gasteiger partial charge < -0.3 is 5.32 Å². The molecular formula is C17H14N2S2. The number of benzene rings is 1. The fraction of sp³-hybridized carbons (Fsp3) is 0.118. The zero-order valence-electron chi connectivity index (χ0n) is 11.5. The van der Waals surface area contributed by atoms with Crippen LogP contribution < -0.4 is 5.32 Å². The molecule has 4 rings (SSSR count). The summed E-state index contributed by atoms with van der Waals surface area (Å²) in [5, 5.41) is 9.00. The third-order valence-corrected chi connectivity index (χ3v) is 5.60. The molecule has 21 heavy (non-hydrogen) atoms. The largest absolute Gasteiger partial charge is 0.309 e. The standard InChI is InChI=1S/C17H14N2S2/c1-18-16(12-9-15-14(19-10-12)6-8-20-15)13-4-2-3-11-5-7-21-17(11)13/h2-10,16,18H,1H3. The molecule has 0 spiro atoms. The van der Waals surface area contributed by atoms with E-state index in [2.05, 4.69) is 57.5 Å². The van der Waals surface area contributed by atoms with Gasteiger partial charge in [0.25, 0.3) is 0 Å². The Hall–Kier alpha value is -1.75. The van der Waals surface area contributed by atoms with Crippen LogP contribution in [0.1, 0.15) is 17.2 Å². The number of thiophene rings is 2. The first kappa shape index (κ1) is 13.0. The average molecular weight is 310 g/mol. The van der Waals surface area contributed by atoms with Gasteiger partial charge >= 0.3 is 0 Å². The van der Waals surface area contributed by atoms with Crippen molar-refractivity contribution in [3.8, 4) is 0 Å². The van der Waals surface area contributed by atoms with Crippen molar-refractivity contribution in [3.63, 3.8) is 0 Å². The molecule has 3 aromatic heterocycles. The highest BCUT2D eigenvalue weighted by Crippen LogP contribution is 2.33. The lowest BCUT2D eigenvalue weighted by Crippen LogP contribution is -2.17. The van der Waals surface area contributed by atoms with Gasteiger partial charge in [0.05, 0.1) is 16.3 Å². The van der Waals surface area contributed by atoms with E-state index in [1.807, 2.05) is 13.2 Å². The lowest BCUT2D eigenvalue weighted by atomic mass is 9.99. The molecule has 1 unspecified atom stereocenters. The highest BCUT2D eigenvalue weighted by Gasteiger charge is 2.16. The number of fused-ring (bicyclic) bond motifs is 2. The van der Waals surface area contributed by atoms with Crippen LogP contribution in [-0.2, 0) is 0 Å². The van der Waals surface area contributed by atoms with Crippen LogP contribution in [0.25, 0.3) is 20.3 Å². The molecule has 0 saturated carbocycles. The van der Waals surface area contributed by atoms with Crippen molar-refractivity contribution in [1.82, 2.24) is 10.3 Å². The Morgan fingerprint density at radius 3 is 2.90 bits per heavy atom. The molecule has 0 aliphatic carbocycles. The van der Waals surface area contributed by atoms with Gasteiger partial charge in [0, 0.05) is 10.9 Å². The Kier molecular flexibility index (Phi) is 3.22. The van der Waals surface area contributed by atoms with Crippen LogP contribution in [0, 0.1) is 0 Å². The minimum Gasteiger partial charge on any atom is -0.309 e. The van der Waals surface area contributed by atoms with Crippen LogP contribution in [0.3, 0.4) is 0 Å². The second-order valence-electron chi connectivity index (χ2n) is 4.98. The van der Waals surface area contributed by atoms with Crippen LogP contribution in [0.5, 0.6) is 0 Å². The van der Waals surface area contributed by atoms with Crippen molar-refractivity contribution in [1.29, 1.82) is 0 Å². The normalized spacial score (nSPS) is 13.0. The maximum absolute atomic E-state index is 4.58. The molecule has 0 aliphatic rings. The van der Waals surface area contributed by atoms with Crippen molar-refractivity contribution in [3.05, 3.63) is 64.5 Å². The third kappa shape index (κ3) is 2.16. The first-order valence-corrected chi connectivity index (χ1v) is 8.59. The molecular weight excluding hydrogens is 296 g/mol. The Balaban J connectivity index is 1.88. The summed E-state index contributed by atoms with van der Waals surface area (Å²) >= 11 is 3.54. The average Bonchev–Trinajstić information content (AvgIpc) is 3.16. The Morgan fingerprint density at radius 2 is 2.00 bits per heavy atom. The molecule has 0 fully saturated rings. The number of rotatable bonds is 3. The first-order valence-electron chi connectivity index (χ1n) is 6.83. The maximum atomic E-state index is 4.58. The van der Waals surface area contributed by atoms with Crippen molar-refractivity contribution < 1.29 is 0 Å². The highest BCUT2D eigenvalue weighted by atomic mass is 32.1. The second-order valence-corrected chi connectivity index (χ2v) is 6.84. The van der Waals surface area contributed by atoms with E-state index >= 15 is 0 Å². The molecule has 1 atom stereocenters. The lowest BCUT2D eigenvalue weighted by molar-refractivity contribution is 0.696. The van der Waals surface area contributed by atoms with Gasteiger partial charge in [0.2, 0.25) is 0 Å². The van der Waals surface area contributed by atoms with Gasteiger partial charge in [-0.2, -0.15) is 0 Å². The molecule has 1 aromatic carbocycles. The van der Waals surface area contributed by atoms with Crippen molar-refractivity contribution in [2.45, 2.75) is 6.04 Å². The SMILES string of the molecule is CNC(c1cnc2ccsc2c1)c1cccc2ccsc12. The van der Waals surface area contributed by atoms with E-state index < -0.39 is 0 Å². The van der Waals surface area contributed by atoms with E-state index in [4.69, 9.17) is 0 Å². The summed E-state index contributed by atoms with van der Waals surface area (Å²) in [6.45, 7) is 0. The molecule has 0 saturated heterocycles. The fourth-order valence-electron chi connectivity index (χ4n) is 2.76. The Bertz CT molecular complexity index is 907. The quantitative estimate of drug-likeness (QED) is 0.587. The van der Waals surface area contributed by atoms with Crippen molar-refractivity contribution in [2.75, 3.05) is 7.05 Å². The first-order chi connectivity index (χ1) is 10.4. The summed E-state index contributed by atoms with van der Waals surface area (Å²) in [6.07, 6.45) is 1.99. The van der Waals surface area contributed by atoms with Crippen LogP contribution in [-0.4, -0.2) is 12.0 Å². The number of hydrogen-bond acceptors (Lipinski definition) is 4. The van der Waals surface area contributed by atoms with Crippen molar-refractivity contribution in [2.24, 2.45) is 0 Å². The molecule has 0 radical (unpaired) electrons. The molecule has 2 nitrogen and oxygen atoms in total. The van der Waals surface area contributed by atoms with Crippen molar-refractivity contribution >= 4 is 43.0 Å². The van der Waals surface area contributed by atoms with Gasteiger partial charge in [0.1, 0.15) is 0 Å². The third-order valence-electron chi connectivity index (χ3n) is 3.77. The summed E-state index contributed by atoms with van der Waals surface area (Å²) in [6, 6.07) is 13.2. The number of nitrogens with one attached hydrogen (secondary N) is 1. The summed E-state index contributed by atoms with van der Waals surface area (Å²) in [5.41, 5.74) is 3.61. The zero-order chi connectivity index (χ0) is 14.2. The molecule has 4 heteroatoms. The summed E-state index contributed by atoms with van der Waals surface area (Å²) < 4.78 is 2.59. The smallest absolute Gasteiger partial charge is 0.0809 e. The minimum atomic E-state index is 0.173. The second kappa shape index (κ2) is 5.22. The molecule has 1 N–H and O–H groups in total. The van der Waals surface area contributed by atoms with Crippen LogP contribution in [0.2, 0.25) is 0 Å². The predicted molar refractivity (Wildman–Crippen MR) is 92.3 cm³/mol. The molecule has 3 heterocycles. The van der Waals surface area contributed by atoms with E-state index in [1.165, 1.54) is 25.9 Å². The van der Waals surface area contributed by atoms with Crippen LogP contribution in [0.15, 0.2) is 53.4 Å². The Morgan fingerprint density at radius 1 is 1.10 bits per heavy atom. The zero-order valence-corrected chi connectivity index (χ0v) is 13.2. The topological polar surface area (TPSA) is 24.9 Å². The molecule has 0 amide bonds. The van der Waals surface area contributed by atoms with Gasteiger partial charge in [0.15, 0.2) is 0 Å². The van der Waals surface area contributed by atoms with E-state index in [0.29, 0.717) is 0 Å². The molecule has 4 aromatic rings. The monoisotopic (exact) mass is 310 g/mol. The molecule has 0 bridgehead atoms. The predicted octanol–water partition coefficient (Wildman–Crippen LogP) is 4.82. The molecule has 0 aliphatic heterocycles. The van der Waals surface area contributed by atoms with Gasteiger partial charge in [-0.1, -0.05) is 18.2 Å². The van der Waals surface area contributed by atoms with E-state index in [-0.39, 0.29) is 6.04 Å². The highest BCUT2D eigenvalue weighted by molar-refractivity contribution is 7.17. The van der Waals surface area contributed by atoms with Crippen LogP contribution >= 0.6 is 22.7 Å². The van der Waals surface area contributed by atoms with E-state index in [0.717, 1.165) is 5.52 Å². The minimum absolute atomic E-state index is 0.173. The van der Waals surface area contributed by atoms with Crippen LogP contribution in [0.4, 0.5) is 0 Å². The number of aromatic nitrogens is 1. The van der Waals surface area contributed by atoms with E-state index in [9.17, 15) is 0 Å². The Labute approximate surface area is 131 Å². The summed E-state index contributed by atoms with van der Waals surface area (Å²) in [7, 11) is 2.01. The van der Waals surface area contributed by atoms with Gasteiger partial charge in [-0.05, 0) is 52.5 Å². The number of nitrogens with zero attached hydrogens (tertiary/aromatic N) is 1.